The van der Waals surface area contributed by atoms with Crippen LogP contribution >= 0.6 is 0 Å². The van der Waals surface area contributed by atoms with E-state index in [9.17, 15) is 0 Å². The summed E-state index contributed by atoms with van der Waals surface area (Å²) >= 11 is 0. The summed E-state index contributed by atoms with van der Waals surface area (Å²) < 4.78 is 2.08. The van der Waals surface area contributed by atoms with E-state index < -0.39 is 0 Å². The summed E-state index contributed by atoms with van der Waals surface area (Å²) in [6.45, 7) is 9.03. The molecular weight excluding hydrogens is 234 g/mol. The zero-order valence-electron chi connectivity index (χ0n) is 12.9. The van der Waals surface area contributed by atoms with Crippen molar-refractivity contribution in [1.82, 2.24) is 9.78 Å². The van der Waals surface area contributed by atoms with E-state index >= 15 is 0 Å². The highest BCUT2D eigenvalue weighted by Crippen LogP contribution is 2.37. The molecule has 3 heteroatoms. The number of hydrogen-bond acceptors (Lipinski definition) is 2. The molecule has 4 unspecified atom stereocenters. The molecule has 0 saturated heterocycles. The smallest absolute Gasteiger partial charge is 0.0643 e. The van der Waals surface area contributed by atoms with E-state index in [1.165, 1.54) is 12.8 Å². The van der Waals surface area contributed by atoms with Crippen molar-refractivity contribution in [2.24, 2.45) is 17.6 Å². The molecule has 3 nitrogen and oxygen atoms in total. The van der Waals surface area contributed by atoms with Gasteiger partial charge in [-0.3, -0.25) is 4.68 Å². The molecule has 1 aromatic rings. The maximum Gasteiger partial charge on any atom is 0.0643 e. The minimum absolute atomic E-state index is 0.0632. The molecule has 19 heavy (non-hydrogen) atoms. The lowest BCUT2D eigenvalue weighted by Crippen LogP contribution is -2.51. The van der Waals surface area contributed by atoms with E-state index in [0.717, 1.165) is 30.9 Å². The van der Waals surface area contributed by atoms with Gasteiger partial charge >= 0.3 is 0 Å². The molecule has 4 atom stereocenters. The van der Waals surface area contributed by atoms with Gasteiger partial charge < -0.3 is 5.73 Å². The van der Waals surface area contributed by atoms with Crippen molar-refractivity contribution >= 4 is 0 Å². The summed E-state index contributed by atoms with van der Waals surface area (Å²) in [5, 5.41) is 4.72. The van der Waals surface area contributed by atoms with Crippen molar-refractivity contribution in [3.63, 3.8) is 0 Å². The van der Waals surface area contributed by atoms with E-state index in [-0.39, 0.29) is 5.54 Å². The van der Waals surface area contributed by atoms with Gasteiger partial charge in [-0.15, -0.1) is 0 Å². The quantitative estimate of drug-likeness (QED) is 0.902. The van der Waals surface area contributed by atoms with E-state index in [1.54, 1.807) is 0 Å². The first-order valence-corrected chi connectivity index (χ1v) is 7.77. The minimum Gasteiger partial charge on any atom is -0.324 e. The fraction of sp³-hybridized carbons (Fsp3) is 0.812. The van der Waals surface area contributed by atoms with Gasteiger partial charge in [-0.25, -0.2) is 0 Å². The molecule has 0 aliphatic heterocycles. The highest BCUT2D eigenvalue weighted by molar-refractivity contribution is 5.08. The van der Waals surface area contributed by atoms with Crippen LogP contribution in [0.25, 0.3) is 0 Å². The lowest BCUT2D eigenvalue weighted by Gasteiger charge is -2.42. The average molecular weight is 263 g/mol. The molecule has 1 heterocycles. The van der Waals surface area contributed by atoms with Crippen LogP contribution in [-0.2, 0) is 6.42 Å². The Hall–Kier alpha value is -0.830. The molecule has 108 valence electrons. The number of nitrogens with zero attached hydrogens (tertiary/aromatic N) is 2. The standard InChI is InChI=1S/C16H29N3/c1-5-14(4)19-9-8-15(18-19)11-16(17)10-12(2)6-7-13(16)3/h8-9,12-14H,5-7,10-11,17H2,1-4H3. The fourth-order valence-electron chi connectivity index (χ4n) is 3.26. The third-order valence-corrected chi connectivity index (χ3v) is 5.02. The van der Waals surface area contributed by atoms with Gasteiger partial charge in [-0.1, -0.05) is 27.2 Å². The topological polar surface area (TPSA) is 43.8 Å². The second-order valence-electron chi connectivity index (χ2n) is 6.74. The second-order valence-corrected chi connectivity index (χ2v) is 6.74. The van der Waals surface area contributed by atoms with E-state index in [4.69, 9.17) is 10.8 Å². The van der Waals surface area contributed by atoms with Gasteiger partial charge in [0.25, 0.3) is 0 Å². The van der Waals surface area contributed by atoms with Crippen LogP contribution in [0.2, 0.25) is 0 Å². The Morgan fingerprint density at radius 3 is 2.89 bits per heavy atom. The van der Waals surface area contributed by atoms with Crippen LogP contribution < -0.4 is 5.73 Å². The third-order valence-electron chi connectivity index (χ3n) is 5.02. The first kappa shape index (κ1) is 14.6. The molecule has 0 radical (unpaired) electrons. The van der Waals surface area contributed by atoms with Crippen LogP contribution in [0.4, 0.5) is 0 Å². The van der Waals surface area contributed by atoms with Crippen LogP contribution in [0.15, 0.2) is 12.3 Å². The van der Waals surface area contributed by atoms with Gasteiger partial charge in [0.2, 0.25) is 0 Å². The van der Waals surface area contributed by atoms with Crippen LogP contribution in [0, 0.1) is 11.8 Å². The summed E-state index contributed by atoms with van der Waals surface area (Å²) in [5.41, 5.74) is 7.79. The molecule has 0 amide bonds. The molecule has 1 saturated carbocycles. The summed E-state index contributed by atoms with van der Waals surface area (Å²) in [7, 11) is 0. The summed E-state index contributed by atoms with van der Waals surface area (Å²) in [6.07, 6.45) is 7.84. The van der Waals surface area contributed by atoms with E-state index in [1.807, 2.05) is 0 Å². The fourth-order valence-corrected chi connectivity index (χ4v) is 3.26. The first-order chi connectivity index (χ1) is 8.94. The summed E-state index contributed by atoms with van der Waals surface area (Å²) in [5.74, 6) is 1.34. The molecule has 0 bridgehead atoms. The zero-order chi connectivity index (χ0) is 14.0. The number of aromatic nitrogens is 2. The predicted molar refractivity (Wildman–Crippen MR) is 80.0 cm³/mol. The minimum atomic E-state index is -0.0632. The van der Waals surface area contributed by atoms with E-state index in [0.29, 0.717) is 12.0 Å². The van der Waals surface area contributed by atoms with Crippen molar-refractivity contribution in [1.29, 1.82) is 0 Å². The Balaban J connectivity index is 2.08. The Morgan fingerprint density at radius 1 is 1.47 bits per heavy atom. The number of rotatable bonds is 4. The largest absolute Gasteiger partial charge is 0.324 e. The van der Waals surface area contributed by atoms with Crippen LogP contribution in [-0.4, -0.2) is 15.3 Å². The zero-order valence-corrected chi connectivity index (χ0v) is 12.9. The highest BCUT2D eigenvalue weighted by Gasteiger charge is 2.37. The third kappa shape index (κ3) is 3.19. The van der Waals surface area contributed by atoms with Gasteiger partial charge in [0.15, 0.2) is 0 Å². The summed E-state index contributed by atoms with van der Waals surface area (Å²) in [6, 6.07) is 2.62. The van der Waals surface area contributed by atoms with Gasteiger partial charge in [0, 0.05) is 24.2 Å². The molecule has 2 rings (SSSR count). The van der Waals surface area contributed by atoms with Gasteiger partial charge in [-0.2, -0.15) is 5.10 Å². The number of nitrogens with two attached hydrogens (primary N) is 1. The molecular formula is C16H29N3. The van der Waals surface area contributed by atoms with Crippen molar-refractivity contribution in [2.45, 2.75) is 71.4 Å². The lowest BCUT2D eigenvalue weighted by atomic mass is 9.68. The highest BCUT2D eigenvalue weighted by atomic mass is 15.3. The molecule has 0 aromatic carbocycles. The van der Waals surface area contributed by atoms with Gasteiger partial charge in [0.1, 0.15) is 0 Å². The van der Waals surface area contributed by atoms with Crippen molar-refractivity contribution in [3.8, 4) is 0 Å². The van der Waals surface area contributed by atoms with Crippen LogP contribution in [0.3, 0.4) is 0 Å². The summed E-state index contributed by atoms with van der Waals surface area (Å²) in [4.78, 5) is 0. The molecule has 1 fully saturated rings. The van der Waals surface area contributed by atoms with E-state index in [2.05, 4.69) is 44.6 Å². The second kappa shape index (κ2) is 5.66. The Bertz CT molecular complexity index is 412. The lowest BCUT2D eigenvalue weighted by molar-refractivity contribution is 0.159. The van der Waals surface area contributed by atoms with Gasteiger partial charge in [0.05, 0.1) is 5.69 Å². The Kier molecular flexibility index (Phi) is 4.34. The molecule has 1 aliphatic carbocycles. The maximum atomic E-state index is 6.69. The normalized spacial score (nSPS) is 33.3. The predicted octanol–water partition coefficient (Wildman–Crippen LogP) is 3.55. The first-order valence-electron chi connectivity index (χ1n) is 7.77. The maximum absolute atomic E-state index is 6.69. The number of hydrogen-bond donors (Lipinski definition) is 1. The van der Waals surface area contributed by atoms with Crippen molar-refractivity contribution in [2.75, 3.05) is 0 Å². The SMILES string of the molecule is CCC(C)n1ccc(CC2(N)CC(C)CCC2C)n1. The average Bonchev–Trinajstić information content (AvgIpc) is 2.81. The monoisotopic (exact) mass is 263 g/mol. The van der Waals surface area contributed by atoms with Crippen molar-refractivity contribution in [3.05, 3.63) is 18.0 Å². The Labute approximate surface area is 117 Å². The molecule has 1 aromatic heterocycles. The molecule has 1 aliphatic rings. The molecule has 0 spiro atoms. The Morgan fingerprint density at radius 2 is 2.21 bits per heavy atom. The van der Waals surface area contributed by atoms with Gasteiger partial charge in [-0.05, 0) is 44.1 Å². The van der Waals surface area contributed by atoms with Crippen molar-refractivity contribution < 1.29 is 0 Å². The van der Waals surface area contributed by atoms with Crippen LogP contribution in [0.1, 0.15) is 65.1 Å². The molecule has 2 N–H and O–H groups in total. The van der Waals surface area contributed by atoms with Crippen LogP contribution in [0.5, 0.6) is 0 Å².